The Hall–Kier alpha value is -1.35. The van der Waals surface area contributed by atoms with Crippen molar-refractivity contribution in [3.05, 3.63) is 35.9 Å². The third-order valence-corrected chi connectivity index (χ3v) is 7.27. The Labute approximate surface area is 210 Å². The fourth-order valence-electron chi connectivity index (χ4n) is 5.34. The highest BCUT2D eigenvalue weighted by molar-refractivity contribution is 14.0. The van der Waals surface area contributed by atoms with Crippen LogP contribution >= 0.6 is 24.0 Å². The molecule has 3 fully saturated rings. The van der Waals surface area contributed by atoms with E-state index >= 15 is 0 Å². The normalized spacial score (nSPS) is 23.6. The third-order valence-electron chi connectivity index (χ3n) is 7.27. The standard InChI is InChI=1S/C25H38N4O2.HI/c1-2-26-24(28-22-12-15-29(18-22)23(30)20-8-6-7-9-20)27-19-25(13-16-31-17-14-25)21-10-4-3-5-11-21;/h3-5,10-11,20,22H,2,6-9,12-19H2,1H3,(H2,26,27,28);1H. The maximum atomic E-state index is 12.8. The lowest BCUT2D eigenvalue weighted by Crippen LogP contribution is -2.46. The number of carbonyl (C=O) groups is 1. The average Bonchev–Trinajstić information content (AvgIpc) is 3.51. The highest BCUT2D eigenvalue weighted by Crippen LogP contribution is 2.35. The van der Waals surface area contributed by atoms with Gasteiger partial charge in [0.2, 0.25) is 5.91 Å². The summed E-state index contributed by atoms with van der Waals surface area (Å²) in [6, 6.07) is 11.0. The van der Waals surface area contributed by atoms with Gasteiger partial charge in [0.15, 0.2) is 5.96 Å². The van der Waals surface area contributed by atoms with Gasteiger partial charge in [0.05, 0.1) is 6.54 Å². The van der Waals surface area contributed by atoms with E-state index in [1.807, 2.05) is 0 Å². The van der Waals surface area contributed by atoms with Crippen LogP contribution in [0.4, 0.5) is 0 Å². The van der Waals surface area contributed by atoms with Crippen LogP contribution in [0.1, 0.15) is 57.4 Å². The van der Waals surface area contributed by atoms with E-state index in [1.54, 1.807) is 0 Å². The Balaban J connectivity index is 0.00000289. The van der Waals surface area contributed by atoms with E-state index in [9.17, 15) is 4.79 Å². The highest BCUT2D eigenvalue weighted by Gasteiger charge is 2.35. The second kappa shape index (κ2) is 12.2. The predicted octanol–water partition coefficient (Wildman–Crippen LogP) is 3.70. The SMILES string of the molecule is CCNC(=NCC1(c2ccccc2)CCOCC1)NC1CCN(C(=O)C2CCCC2)C1.I. The molecule has 0 radical (unpaired) electrons. The molecule has 2 heterocycles. The largest absolute Gasteiger partial charge is 0.381 e. The minimum absolute atomic E-state index is 0. The Kier molecular flexibility index (Phi) is 9.64. The average molecular weight is 555 g/mol. The molecule has 32 heavy (non-hydrogen) atoms. The lowest BCUT2D eigenvalue weighted by Gasteiger charge is -2.36. The number of amides is 1. The number of halogens is 1. The Morgan fingerprint density at radius 1 is 1.16 bits per heavy atom. The molecule has 2 saturated heterocycles. The van der Waals surface area contributed by atoms with E-state index in [0.717, 1.165) is 77.5 Å². The van der Waals surface area contributed by atoms with Crippen LogP contribution in [-0.2, 0) is 14.9 Å². The van der Waals surface area contributed by atoms with E-state index in [4.69, 9.17) is 9.73 Å². The van der Waals surface area contributed by atoms with Gasteiger partial charge in [0.1, 0.15) is 0 Å². The van der Waals surface area contributed by atoms with Crippen molar-refractivity contribution in [1.82, 2.24) is 15.5 Å². The summed E-state index contributed by atoms with van der Waals surface area (Å²) < 4.78 is 5.67. The summed E-state index contributed by atoms with van der Waals surface area (Å²) in [7, 11) is 0. The molecule has 4 rings (SSSR count). The molecule has 2 N–H and O–H groups in total. The molecule has 0 bridgehead atoms. The maximum Gasteiger partial charge on any atom is 0.225 e. The summed E-state index contributed by atoms with van der Waals surface area (Å²) >= 11 is 0. The predicted molar refractivity (Wildman–Crippen MR) is 140 cm³/mol. The van der Waals surface area contributed by atoms with Crippen LogP contribution in [-0.4, -0.2) is 62.2 Å². The molecule has 178 valence electrons. The Morgan fingerprint density at radius 2 is 1.88 bits per heavy atom. The molecule has 6 nitrogen and oxygen atoms in total. The number of benzene rings is 1. The fourth-order valence-corrected chi connectivity index (χ4v) is 5.34. The van der Waals surface area contributed by atoms with Crippen LogP contribution in [0.15, 0.2) is 35.3 Å². The molecule has 1 amide bonds. The van der Waals surface area contributed by atoms with Gasteiger partial charge in [-0.15, -0.1) is 24.0 Å². The highest BCUT2D eigenvalue weighted by atomic mass is 127. The first-order valence-electron chi connectivity index (χ1n) is 12.2. The van der Waals surface area contributed by atoms with Gasteiger partial charge < -0.3 is 20.3 Å². The molecule has 7 heteroatoms. The van der Waals surface area contributed by atoms with Crippen LogP contribution in [0, 0.1) is 5.92 Å². The molecule has 1 atom stereocenters. The number of guanidine groups is 1. The van der Waals surface area contributed by atoms with Crippen LogP contribution in [0.3, 0.4) is 0 Å². The minimum Gasteiger partial charge on any atom is -0.381 e. The molecule has 0 aromatic heterocycles. The van der Waals surface area contributed by atoms with Crippen molar-refractivity contribution in [3.63, 3.8) is 0 Å². The summed E-state index contributed by atoms with van der Waals surface area (Å²) in [6.45, 7) is 6.89. The van der Waals surface area contributed by atoms with Gasteiger partial charge in [-0.3, -0.25) is 9.79 Å². The lowest BCUT2D eigenvalue weighted by atomic mass is 9.74. The second-order valence-corrected chi connectivity index (χ2v) is 9.35. The molecule has 1 aromatic carbocycles. The van der Waals surface area contributed by atoms with Gasteiger partial charge in [-0.25, -0.2) is 0 Å². The molecule has 1 aromatic rings. The van der Waals surface area contributed by atoms with Gasteiger partial charge in [0, 0.05) is 50.2 Å². The molecule has 0 spiro atoms. The zero-order valence-corrected chi connectivity index (χ0v) is 21.7. The van der Waals surface area contributed by atoms with Crippen molar-refractivity contribution < 1.29 is 9.53 Å². The molecule has 2 aliphatic heterocycles. The Morgan fingerprint density at radius 3 is 2.56 bits per heavy atom. The first-order valence-corrected chi connectivity index (χ1v) is 12.2. The van der Waals surface area contributed by atoms with E-state index < -0.39 is 0 Å². The van der Waals surface area contributed by atoms with Crippen LogP contribution in [0.25, 0.3) is 0 Å². The van der Waals surface area contributed by atoms with Gasteiger partial charge in [-0.05, 0) is 44.6 Å². The van der Waals surface area contributed by atoms with Gasteiger partial charge in [-0.2, -0.15) is 0 Å². The van der Waals surface area contributed by atoms with Gasteiger partial charge in [0.25, 0.3) is 0 Å². The zero-order valence-electron chi connectivity index (χ0n) is 19.4. The van der Waals surface area contributed by atoms with E-state index in [0.29, 0.717) is 5.91 Å². The van der Waals surface area contributed by atoms with Crippen molar-refractivity contribution in [2.45, 2.75) is 63.3 Å². The van der Waals surface area contributed by atoms with Crippen molar-refractivity contribution in [2.75, 3.05) is 39.4 Å². The molecule has 3 aliphatic rings. The zero-order chi connectivity index (χ0) is 21.5. The quantitative estimate of drug-likeness (QED) is 0.320. The summed E-state index contributed by atoms with van der Waals surface area (Å²) in [5, 5.41) is 7.04. The van der Waals surface area contributed by atoms with Gasteiger partial charge >= 0.3 is 0 Å². The fraction of sp³-hybridized carbons (Fsp3) is 0.680. The molecule has 1 unspecified atom stereocenters. The van der Waals surface area contributed by atoms with E-state index in [2.05, 4.69) is 52.8 Å². The number of rotatable bonds is 6. The summed E-state index contributed by atoms with van der Waals surface area (Å²) in [4.78, 5) is 19.9. The number of carbonyl (C=O) groups excluding carboxylic acids is 1. The molecule has 1 aliphatic carbocycles. The minimum atomic E-state index is 0. The molecular formula is C25H39IN4O2. The van der Waals surface area contributed by atoms with Crippen molar-refractivity contribution in [1.29, 1.82) is 0 Å². The third kappa shape index (κ3) is 6.16. The number of aliphatic imine (C=N–C) groups is 1. The molecule has 1 saturated carbocycles. The topological polar surface area (TPSA) is 66.0 Å². The summed E-state index contributed by atoms with van der Waals surface area (Å²) in [5.74, 6) is 1.50. The first-order chi connectivity index (χ1) is 15.2. The molecular weight excluding hydrogens is 515 g/mol. The van der Waals surface area contributed by atoms with E-state index in [-0.39, 0.29) is 41.4 Å². The maximum absolute atomic E-state index is 12.8. The van der Waals surface area contributed by atoms with Crippen LogP contribution in [0.2, 0.25) is 0 Å². The van der Waals surface area contributed by atoms with Crippen LogP contribution in [0.5, 0.6) is 0 Å². The number of hydrogen-bond acceptors (Lipinski definition) is 3. The number of nitrogens with zero attached hydrogens (tertiary/aromatic N) is 2. The number of nitrogens with one attached hydrogen (secondary N) is 2. The number of likely N-dealkylation sites (tertiary alicyclic amines) is 1. The van der Waals surface area contributed by atoms with Gasteiger partial charge in [-0.1, -0.05) is 43.2 Å². The van der Waals surface area contributed by atoms with Crippen LogP contribution < -0.4 is 10.6 Å². The number of hydrogen-bond donors (Lipinski definition) is 2. The van der Waals surface area contributed by atoms with Crippen molar-refractivity contribution in [2.24, 2.45) is 10.9 Å². The smallest absolute Gasteiger partial charge is 0.225 e. The number of ether oxygens (including phenoxy) is 1. The second-order valence-electron chi connectivity index (χ2n) is 9.35. The summed E-state index contributed by atoms with van der Waals surface area (Å²) in [6.07, 6.45) is 7.53. The van der Waals surface area contributed by atoms with E-state index in [1.165, 1.54) is 18.4 Å². The lowest BCUT2D eigenvalue weighted by molar-refractivity contribution is -0.134. The van der Waals surface area contributed by atoms with Crippen molar-refractivity contribution >= 4 is 35.8 Å². The monoisotopic (exact) mass is 554 g/mol. The Bertz CT molecular complexity index is 746. The van der Waals surface area contributed by atoms with Crippen molar-refractivity contribution in [3.8, 4) is 0 Å². The summed E-state index contributed by atoms with van der Waals surface area (Å²) in [5.41, 5.74) is 1.38. The first kappa shape index (κ1) is 25.3.